The lowest BCUT2D eigenvalue weighted by Gasteiger charge is -2.08. The van der Waals surface area contributed by atoms with E-state index in [0.717, 1.165) is 27.9 Å². The van der Waals surface area contributed by atoms with Crippen LogP contribution < -0.4 is 0 Å². The molecule has 0 aliphatic rings. The van der Waals surface area contributed by atoms with Gasteiger partial charge in [-0.2, -0.15) is 0 Å². The minimum atomic E-state index is 0.0424. The van der Waals surface area contributed by atoms with E-state index in [-0.39, 0.29) is 6.61 Å². The number of imidazole rings is 2. The van der Waals surface area contributed by atoms with Crippen LogP contribution in [0.4, 0.5) is 0 Å². The van der Waals surface area contributed by atoms with Crippen LogP contribution in [0, 0.1) is 0 Å². The largest absolute Gasteiger partial charge is 0.395 e. The summed E-state index contributed by atoms with van der Waals surface area (Å²) in [6.45, 7) is 4.68. The number of hydrogen-bond acceptors (Lipinski definition) is 3. The summed E-state index contributed by atoms with van der Waals surface area (Å²) >= 11 is 0. The highest BCUT2D eigenvalue weighted by Crippen LogP contribution is 2.25. The summed E-state index contributed by atoms with van der Waals surface area (Å²) < 4.78 is 1.98. The van der Waals surface area contributed by atoms with Crippen LogP contribution in [0.2, 0.25) is 0 Å². The Kier molecular flexibility index (Phi) is 3.20. The highest BCUT2D eigenvalue weighted by Gasteiger charge is 2.16. The van der Waals surface area contributed by atoms with E-state index in [4.69, 9.17) is 0 Å². The molecule has 0 unspecified atom stereocenters. The fourth-order valence-corrected chi connectivity index (χ4v) is 2.83. The van der Waals surface area contributed by atoms with E-state index in [1.54, 1.807) is 0 Å². The maximum absolute atomic E-state index is 9.39. The molecule has 4 aromatic rings. The van der Waals surface area contributed by atoms with E-state index in [1.165, 1.54) is 0 Å². The molecular formula is C18H16N4O. The molecule has 114 valence electrons. The molecule has 0 atom stereocenters. The zero-order valence-corrected chi connectivity index (χ0v) is 12.5. The van der Waals surface area contributed by atoms with Gasteiger partial charge in [-0.15, -0.1) is 0 Å². The molecule has 2 heterocycles. The molecule has 0 radical (unpaired) electrons. The smallest absolute Gasteiger partial charge is 0.144 e. The summed E-state index contributed by atoms with van der Waals surface area (Å²) in [5, 5.41) is 9.39. The number of fused-ring (bicyclic) bond motifs is 2. The van der Waals surface area contributed by atoms with Crippen LogP contribution in [0.25, 0.3) is 27.6 Å². The van der Waals surface area contributed by atoms with Crippen molar-refractivity contribution < 1.29 is 5.11 Å². The number of para-hydroxylation sites is 4. The van der Waals surface area contributed by atoms with Gasteiger partial charge in [0.2, 0.25) is 0 Å². The molecule has 5 nitrogen and oxygen atoms in total. The molecule has 0 spiro atoms. The molecule has 4 rings (SSSR count). The second-order valence-electron chi connectivity index (χ2n) is 5.38. The van der Waals surface area contributed by atoms with Gasteiger partial charge in [0.1, 0.15) is 11.6 Å². The van der Waals surface area contributed by atoms with Crippen molar-refractivity contribution >= 4 is 27.6 Å². The van der Waals surface area contributed by atoms with Gasteiger partial charge in [-0.1, -0.05) is 30.8 Å². The van der Waals surface area contributed by atoms with Crippen molar-refractivity contribution in [2.24, 2.45) is 0 Å². The summed E-state index contributed by atoms with van der Waals surface area (Å²) in [5.74, 6) is 1.42. The van der Waals surface area contributed by atoms with Gasteiger partial charge < -0.3 is 14.7 Å². The van der Waals surface area contributed by atoms with Crippen LogP contribution >= 0.6 is 0 Å². The molecule has 0 amide bonds. The fourth-order valence-electron chi connectivity index (χ4n) is 2.83. The Balaban J connectivity index is 1.87. The summed E-state index contributed by atoms with van der Waals surface area (Å²) in [5.41, 5.74) is 4.44. The first-order valence-corrected chi connectivity index (χ1v) is 7.48. The molecule has 23 heavy (non-hydrogen) atoms. The number of rotatable bonds is 4. The number of nitrogens with zero attached hydrogens (tertiary/aromatic N) is 3. The van der Waals surface area contributed by atoms with Gasteiger partial charge in [-0.05, 0) is 24.3 Å². The predicted octanol–water partition coefficient (Wildman–Crippen LogP) is 2.97. The molecular weight excluding hydrogens is 288 g/mol. The molecule has 0 fully saturated rings. The van der Waals surface area contributed by atoms with Gasteiger partial charge in [0.05, 0.1) is 34.2 Å². The van der Waals surface area contributed by atoms with Crippen molar-refractivity contribution in [3.8, 4) is 0 Å². The van der Waals surface area contributed by atoms with Crippen LogP contribution in [-0.4, -0.2) is 31.2 Å². The monoisotopic (exact) mass is 304 g/mol. The number of aliphatic hydroxyl groups excluding tert-OH is 1. The predicted molar refractivity (Wildman–Crippen MR) is 91.0 cm³/mol. The number of aromatic nitrogens is 4. The summed E-state index contributed by atoms with van der Waals surface area (Å²) in [6.07, 6.45) is 0. The standard InChI is InChI=1S/C18H16N4O/c1-12(17-19-13-6-2-3-7-14(13)20-17)18-21-15-8-4-5-9-16(15)22(18)10-11-23/h2-9,23H,1,10-11H2,(H,19,20). The Morgan fingerprint density at radius 1 is 1.04 bits per heavy atom. The van der Waals surface area contributed by atoms with Crippen LogP contribution in [0.1, 0.15) is 11.6 Å². The summed E-state index contributed by atoms with van der Waals surface area (Å²) in [6, 6.07) is 15.7. The first-order valence-electron chi connectivity index (χ1n) is 7.48. The number of benzene rings is 2. The first-order chi connectivity index (χ1) is 11.3. The second-order valence-corrected chi connectivity index (χ2v) is 5.38. The van der Waals surface area contributed by atoms with Crippen LogP contribution in [0.15, 0.2) is 55.1 Å². The third-order valence-electron chi connectivity index (χ3n) is 3.92. The summed E-state index contributed by atoms with van der Waals surface area (Å²) in [4.78, 5) is 12.5. The fraction of sp³-hybridized carbons (Fsp3) is 0.111. The molecule has 0 aliphatic carbocycles. The number of aliphatic hydroxyl groups is 1. The molecule has 2 aromatic heterocycles. The van der Waals surface area contributed by atoms with Crippen LogP contribution in [0.5, 0.6) is 0 Å². The Bertz CT molecular complexity index is 979. The molecule has 0 aliphatic heterocycles. The minimum Gasteiger partial charge on any atom is -0.395 e. The Hall–Kier alpha value is -2.92. The molecule has 5 heteroatoms. The van der Waals surface area contributed by atoms with E-state index in [1.807, 2.05) is 53.1 Å². The number of aromatic amines is 1. The maximum atomic E-state index is 9.39. The van der Waals surface area contributed by atoms with E-state index < -0.39 is 0 Å². The van der Waals surface area contributed by atoms with Crippen molar-refractivity contribution in [2.75, 3.05) is 6.61 Å². The third kappa shape index (κ3) is 2.22. The Morgan fingerprint density at radius 2 is 1.78 bits per heavy atom. The van der Waals surface area contributed by atoms with Crippen LogP contribution in [-0.2, 0) is 6.54 Å². The zero-order valence-electron chi connectivity index (χ0n) is 12.5. The third-order valence-corrected chi connectivity index (χ3v) is 3.92. The quantitative estimate of drug-likeness (QED) is 0.609. The van der Waals surface area contributed by atoms with Crippen molar-refractivity contribution in [3.63, 3.8) is 0 Å². The number of hydrogen-bond donors (Lipinski definition) is 2. The lowest BCUT2D eigenvalue weighted by molar-refractivity contribution is 0.277. The average Bonchev–Trinajstić information content (AvgIpc) is 3.16. The Labute approximate surface area is 132 Å². The van der Waals surface area contributed by atoms with Gasteiger partial charge in [-0.25, -0.2) is 9.97 Å². The van der Waals surface area contributed by atoms with E-state index >= 15 is 0 Å². The highest BCUT2D eigenvalue weighted by molar-refractivity contribution is 5.85. The number of H-pyrrole nitrogens is 1. The van der Waals surface area contributed by atoms with Crippen molar-refractivity contribution in [1.82, 2.24) is 19.5 Å². The summed E-state index contributed by atoms with van der Waals surface area (Å²) in [7, 11) is 0. The normalized spacial score (nSPS) is 11.3. The average molecular weight is 304 g/mol. The number of nitrogens with one attached hydrogen (secondary N) is 1. The molecule has 0 saturated carbocycles. The maximum Gasteiger partial charge on any atom is 0.144 e. The SMILES string of the molecule is C=C(c1nc2ccccc2[nH]1)c1nc2ccccc2n1CCO. The molecule has 2 N–H and O–H groups in total. The molecule has 0 saturated heterocycles. The van der Waals surface area contributed by atoms with Crippen LogP contribution in [0.3, 0.4) is 0 Å². The van der Waals surface area contributed by atoms with Crippen molar-refractivity contribution in [3.05, 3.63) is 66.8 Å². The second kappa shape index (κ2) is 5.37. The Morgan fingerprint density at radius 3 is 2.57 bits per heavy atom. The lowest BCUT2D eigenvalue weighted by Crippen LogP contribution is -2.07. The highest BCUT2D eigenvalue weighted by atomic mass is 16.3. The van der Waals surface area contributed by atoms with E-state index in [9.17, 15) is 5.11 Å². The van der Waals surface area contributed by atoms with Gasteiger partial charge in [0.25, 0.3) is 0 Å². The molecule has 0 bridgehead atoms. The molecule has 2 aromatic carbocycles. The van der Waals surface area contributed by atoms with Crippen molar-refractivity contribution in [1.29, 1.82) is 0 Å². The van der Waals surface area contributed by atoms with Gasteiger partial charge in [0.15, 0.2) is 0 Å². The van der Waals surface area contributed by atoms with Gasteiger partial charge in [0, 0.05) is 6.54 Å². The minimum absolute atomic E-state index is 0.0424. The van der Waals surface area contributed by atoms with E-state index in [0.29, 0.717) is 17.9 Å². The van der Waals surface area contributed by atoms with Gasteiger partial charge in [-0.3, -0.25) is 0 Å². The first kappa shape index (κ1) is 13.7. The topological polar surface area (TPSA) is 66.7 Å². The van der Waals surface area contributed by atoms with Gasteiger partial charge >= 0.3 is 0 Å². The van der Waals surface area contributed by atoms with Crippen molar-refractivity contribution in [2.45, 2.75) is 6.54 Å². The lowest BCUT2D eigenvalue weighted by atomic mass is 10.2. The van der Waals surface area contributed by atoms with E-state index in [2.05, 4.69) is 21.5 Å². The zero-order chi connectivity index (χ0) is 15.8.